The Labute approximate surface area is 97.6 Å². The molecule has 4 nitrogen and oxygen atoms in total. The highest BCUT2D eigenvalue weighted by Gasteiger charge is 2.15. The first-order chi connectivity index (χ1) is 7.49. The molecular formula is C12H20N4. The van der Waals surface area contributed by atoms with Gasteiger partial charge >= 0.3 is 0 Å². The van der Waals surface area contributed by atoms with Crippen molar-refractivity contribution in [3.63, 3.8) is 0 Å². The molecule has 1 aromatic rings. The molecule has 1 rings (SSSR count). The van der Waals surface area contributed by atoms with E-state index < -0.39 is 0 Å². The van der Waals surface area contributed by atoms with Crippen molar-refractivity contribution in [2.45, 2.75) is 19.9 Å². The van der Waals surface area contributed by atoms with Gasteiger partial charge in [-0.25, -0.2) is 9.97 Å². The predicted octanol–water partition coefficient (Wildman–Crippen LogP) is 2.03. The summed E-state index contributed by atoms with van der Waals surface area (Å²) >= 11 is 0. The SMILES string of the molecule is C=Cc1c(N(C)C)ncnc1N(C)C(C)C. The van der Waals surface area contributed by atoms with E-state index in [9.17, 15) is 0 Å². The summed E-state index contributed by atoms with van der Waals surface area (Å²) in [4.78, 5) is 12.7. The molecule has 1 heterocycles. The predicted molar refractivity (Wildman–Crippen MR) is 70.0 cm³/mol. The van der Waals surface area contributed by atoms with Gasteiger partial charge < -0.3 is 9.80 Å². The summed E-state index contributed by atoms with van der Waals surface area (Å²) in [6.07, 6.45) is 3.40. The average Bonchev–Trinajstić information content (AvgIpc) is 2.26. The van der Waals surface area contributed by atoms with Gasteiger partial charge in [-0.15, -0.1) is 0 Å². The number of anilines is 2. The summed E-state index contributed by atoms with van der Waals surface area (Å²) in [5.41, 5.74) is 0.976. The monoisotopic (exact) mass is 220 g/mol. The summed E-state index contributed by atoms with van der Waals surface area (Å²) in [5, 5.41) is 0. The Morgan fingerprint density at radius 2 is 1.75 bits per heavy atom. The Morgan fingerprint density at radius 1 is 1.19 bits per heavy atom. The first-order valence-corrected chi connectivity index (χ1v) is 5.36. The van der Waals surface area contributed by atoms with Crippen molar-refractivity contribution in [3.05, 3.63) is 18.5 Å². The fourth-order valence-corrected chi connectivity index (χ4v) is 1.44. The number of hydrogen-bond acceptors (Lipinski definition) is 4. The summed E-state index contributed by atoms with van der Waals surface area (Å²) in [6, 6.07) is 0.392. The van der Waals surface area contributed by atoms with Crippen molar-refractivity contribution >= 4 is 17.7 Å². The van der Waals surface area contributed by atoms with Crippen LogP contribution >= 0.6 is 0 Å². The molecule has 0 aromatic carbocycles. The lowest BCUT2D eigenvalue weighted by molar-refractivity contribution is 0.740. The Balaban J connectivity index is 3.29. The van der Waals surface area contributed by atoms with Crippen LogP contribution in [-0.4, -0.2) is 37.2 Å². The molecule has 0 unspecified atom stereocenters. The maximum Gasteiger partial charge on any atom is 0.141 e. The summed E-state index contributed by atoms with van der Waals surface area (Å²) in [5.74, 6) is 1.82. The van der Waals surface area contributed by atoms with Gasteiger partial charge in [0.2, 0.25) is 0 Å². The topological polar surface area (TPSA) is 32.3 Å². The van der Waals surface area contributed by atoms with E-state index in [4.69, 9.17) is 0 Å². The minimum absolute atomic E-state index is 0.392. The molecule has 0 spiro atoms. The van der Waals surface area contributed by atoms with Crippen molar-refractivity contribution in [1.82, 2.24) is 9.97 Å². The standard InChI is InChI=1S/C12H20N4/c1-7-10-11(15(4)5)13-8-14-12(10)16(6)9(2)3/h7-9H,1H2,2-6H3. The van der Waals surface area contributed by atoms with Crippen LogP contribution in [0.2, 0.25) is 0 Å². The Morgan fingerprint density at radius 3 is 2.19 bits per heavy atom. The van der Waals surface area contributed by atoms with E-state index in [1.165, 1.54) is 0 Å². The van der Waals surface area contributed by atoms with Crippen molar-refractivity contribution in [2.24, 2.45) is 0 Å². The second kappa shape index (κ2) is 4.96. The first-order valence-electron chi connectivity index (χ1n) is 5.36. The molecule has 88 valence electrons. The number of aromatic nitrogens is 2. The lowest BCUT2D eigenvalue weighted by Crippen LogP contribution is -2.28. The summed E-state index contributed by atoms with van der Waals surface area (Å²) < 4.78 is 0. The van der Waals surface area contributed by atoms with Gasteiger partial charge in [0.1, 0.15) is 18.0 Å². The highest BCUT2D eigenvalue weighted by atomic mass is 15.2. The van der Waals surface area contributed by atoms with Crippen molar-refractivity contribution in [2.75, 3.05) is 30.9 Å². The fourth-order valence-electron chi connectivity index (χ4n) is 1.44. The van der Waals surface area contributed by atoms with Crippen LogP contribution in [0.1, 0.15) is 19.4 Å². The van der Waals surface area contributed by atoms with Crippen LogP contribution in [0.4, 0.5) is 11.6 Å². The largest absolute Gasteiger partial charge is 0.362 e. The van der Waals surface area contributed by atoms with E-state index in [0.717, 1.165) is 17.2 Å². The van der Waals surface area contributed by atoms with E-state index in [1.54, 1.807) is 6.33 Å². The van der Waals surface area contributed by atoms with Gasteiger partial charge in [-0.2, -0.15) is 0 Å². The van der Waals surface area contributed by atoms with Crippen LogP contribution in [0.15, 0.2) is 12.9 Å². The van der Waals surface area contributed by atoms with E-state index in [-0.39, 0.29) is 0 Å². The Kier molecular flexibility index (Phi) is 3.88. The van der Waals surface area contributed by atoms with Gasteiger partial charge in [0.15, 0.2) is 0 Å². The third-order valence-corrected chi connectivity index (χ3v) is 2.58. The van der Waals surface area contributed by atoms with Crippen molar-refractivity contribution in [1.29, 1.82) is 0 Å². The minimum atomic E-state index is 0.392. The molecule has 0 amide bonds. The zero-order valence-electron chi connectivity index (χ0n) is 10.7. The van der Waals surface area contributed by atoms with Crippen molar-refractivity contribution < 1.29 is 0 Å². The van der Waals surface area contributed by atoms with Crippen LogP contribution in [0.5, 0.6) is 0 Å². The summed E-state index contributed by atoms with van der Waals surface area (Å²) in [7, 11) is 5.96. The highest BCUT2D eigenvalue weighted by molar-refractivity contribution is 5.73. The molecule has 16 heavy (non-hydrogen) atoms. The molecule has 0 saturated carbocycles. The van der Waals surface area contributed by atoms with Gasteiger partial charge in [-0.3, -0.25) is 0 Å². The zero-order valence-corrected chi connectivity index (χ0v) is 10.7. The van der Waals surface area contributed by atoms with Crippen LogP contribution in [0.25, 0.3) is 6.08 Å². The maximum atomic E-state index is 4.33. The zero-order chi connectivity index (χ0) is 12.3. The molecule has 0 radical (unpaired) electrons. The smallest absolute Gasteiger partial charge is 0.141 e. The Hall–Kier alpha value is -1.58. The fraction of sp³-hybridized carbons (Fsp3) is 0.500. The van der Waals surface area contributed by atoms with Gasteiger partial charge in [-0.1, -0.05) is 12.7 Å². The minimum Gasteiger partial charge on any atom is -0.362 e. The van der Waals surface area contributed by atoms with Gasteiger partial charge in [0.05, 0.1) is 5.56 Å². The lowest BCUT2D eigenvalue weighted by Gasteiger charge is -2.26. The molecule has 0 fully saturated rings. The molecule has 0 aliphatic rings. The third kappa shape index (κ3) is 2.32. The third-order valence-electron chi connectivity index (χ3n) is 2.58. The number of hydrogen-bond donors (Lipinski definition) is 0. The molecule has 0 aliphatic heterocycles. The van der Waals surface area contributed by atoms with Crippen LogP contribution in [0.3, 0.4) is 0 Å². The molecule has 0 aliphatic carbocycles. The molecule has 0 atom stereocenters. The van der Waals surface area contributed by atoms with Crippen LogP contribution in [0, 0.1) is 0 Å². The van der Waals surface area contributed by atoms with Gasteiger partial charge in [-0.05, 0) is 13.8 Å². The second-order valence-corrected chi connectivity index (χ2v) is 4.24. The van der Waals surface area contributed by atoms with Crippen LogP contribution in [-0.2, 0) is 0 Å². The maximum absolute atomic E-state index is 4.33. The van der Waals surface area contributed by atoms with Crippen LogP contribution < -0.4 is 9.80 Å². The number of rotatable bonds is 4. The Bertz CT molecular complexity index is 371. The van der Waals surface area contributed by atoms with E-state index in [0.29, 0.717) is 6.04 Å². The highest BCUT2D eigenvalue weighted by Crippen LogP contribution is 2.26. The molecule has 4 heteroatoms. The second-order valence-electron chi connectivity index (χ2n) is 4.24. The normalized spacial score (nSPS) is 10.4. The molecule has 0 bridgehead atoms. The molecular weight excluding hydrogens is 200 g/mol. The van der Waals surface area contributed by atoms with E-state index >= 15 is 0 Å². The quantitative estimate of drug-likeness (QED) is 0.777. The molecule has 1 aromatic heterocycles. The first kappa shape index (κ1) is 12.5. The van der Waals surface area contributed by atoms with E-state index in [1.807, 2.05) is 32.1 Å². The van der Waals surface area contributed by atoms with Gasteiger partial charge in [0.25, 0.3) is 0 Å². The lowest BCUT2D eigenvalue weighted by atomic mass is 10.2. The van der Waals surface area contributed by atoms with Gasteiger partial charge in [0, 0.05) is 27.2 Å². The summed E-state index contributed by atoms with van der Waals surface area (Å²) in [6.45, 7) is 8.10. The van der Waals surface area contributed by atoms with E-state index in [2.05, 4.69) is 35.3 Å². The van der Waals surface area contributed by atoms with Crippen molar-refractivity contribution in [3.8, 4) is 0 Å². The molecule has 0 saturated heterocycles. The molecule has 0 N–H and O–H groups in total. The number of nitrogens with zero attached hydrogens (tertiary/aromatic N) is 4. The average molecular weight is 220 g/mol.